The Labute approximate surface area is 179 Å². The summed E-state index contributed by atoms with van der Waals surface area (Å²) in [5.41, 5.74) is 2.28. The maximum absolute atomic E-state index is 13.4. The van der Waals surface area contributed by atoms with Gasteiger partial charge in [-0.15, -0.1) is 0 Å². The van der Waals surface area contributed by atoms with Crippen LogP contribution in [0, 0.1) is 12.7 Å². The van der Waals surface area contributed by atoms with E-state index in [1.54, 1.807) is 24.3 Å². The minimum Gasteiger partial charge on any atom is -0.507 e. The van der Waals surface area contributed by atoms with Crippen LogP contribution in [0.15, 0.2) is 78.4 Å². The van der Waals surface area contributed by atoms with E-state index in [0.717, 1.165) is 5.56 Å². The van der Waals surface area contributed by atoms with Crippen LogP contribution < -0.4 is 9.64 Å². The molecule has 0 bridgehead atoms. The highest BCUT2D eigenvalue weighted by Gasteiger charge is 2.47. The van der Waals surface area contributed by atoms with E-state index >= 15 is 0 Å². The normalized spacial score (nSPS) is 17.8. The Kier molecular flexibility index (Phi) is 5.29. The number of carbonyl (C=O) groups excluding carboxylic acids is 2. The van der Waals surface area contributed by atoms with E-state index in [9.17, 15) is 19.1 Å². The highest BCUT2D eigenvalue weighted by Crippen LogP contribution is 2.43. The number of aryl methyl sites for hydroxylation is 1. The third-order valence-corrected chi connectivity index (χ3v) is 5.40. The number of aliphatic hydroxyl groups excluding tert-OH is 1. The fourth-order valence-electron chi connectivity index (χ4n) is 3.79. The van der Waals surface area contributed by atoms with E-state index in [1.165, 1.54) is 36.3 Å². The van der Waals surface area contributed by atoms with E-state index in [-0.39, 0.29) is 16.9 Å². The Hall–Kier alpha value is -3.93. The molecule has 0 aliphatic carbocycles. The summed E-state index contributed by atoms with van der Waals surface area (Å²) in [6, 6.07) is 18.4. The first-order chi connectivity index (χ1) is 14.9. The second kappa shape index (κ2) is 8.07. The maximum Gasteiger partial charge on any atom is 0.300 e. The van der Waals surface area contributed by atoms with Crippen molar-refractivity contribution < 1.29 is 23.8 Å². The molecule has 0 aromatic heterocycles. The van der Waals surface area contributed by atoms with E-state index in [4.69, 9.17) is 4.74 Å². The lowest BCUT2D eigenvalue weighted by atomic mass is 9.92. The van der Waals surface area contributed by atoms with E-state index in [2.05, 4.69) is 0 Å². The average Bonchev–Trinajstić information content (AvgIpc) is 3.04. The summed E-state index contributed by atoms with van der Waals surface area (Å²) in [5.74, 6) is -1.75. The molecule has 0 radical (unpaired) electrons. The molecular formula is C25H20FNO4. The van der Waals surface area contributed by atoms with Gasteiger partial charge in [0.2, 0.25) is 0 Å². The van der Waals surface area contributed by atoms with Crippen molar-refractivity contribution >= 4 is 23.1 Å². The minimum atomic E-state index is -0.834. The fourth-order valence-corrected chi connectivity index (χ4v) is 3.79. The molecule has 1 unspecified atom stereocenters. The molecular weight excluding hydrogens is 397 g/mol. The van der Waals surface area contributed by atoms with Crippen LogP contribution in [0.4, 0.5) is 10.1 Å². The van der Waals surface area contributed by atoms with Crippen LogP contribution in [-0.2, 0) is 9.59 Å². The van der Waals surface area contributed by atoms with Crippen LogP contribution >= 0.6 is 0 Å². The minimum absolute atomic E-state index is 0.0401. The van der Waals surface area contributed by atoms with Crippen LogP contribution in [0.25, 0.3) is 5.76 Å². The summed E-state index contributed by atoms with van der Waals surface area (Å²) >= 11 is 0. The molecule has 156 valence electrons. The van der Waals surface area contributed by atoms with Crippen molar-refractivity contribution in [2.45, 2.75) is 13.0 Å². The monoisotopic (exact) mass is 417 g/mol. The molecule has 1 atom stereocenters. The van der Waals surface area contributed by atoms with Crippen LogP contribution in [0.3, 0.4) is 0 Å². The quantitative estimate of drug-likeness (QED) is 0.377. The number of hydrogen-bond donors (Lipinski definition) is 1. The molecule has 1 heterocycles. The predicted octanol–water partition coefficient (Wildman–Crippen LogP) is 4.77. The molecule has 0 saturated carbocycles. The van der Waals surface area contributed by atoms with Crippen LogP contribution in [-0.4, -0.2) is 23.9 Å². The molecule has 1 saturated heterocycles. The standard InChI is InChI=1S/C25H20FNO4/c1-15-5-3-4-6-20(15)22-21(23(28)16-7-9-17(26)10-8-16)24(29)25(30)27(22)18-11-13-19(31-2)14-12-18/h3-14,22,28H,1-2H3/b23-21-. The van der Waals surface area contributed by atoms with Crippen LogP contribution in [0.1, 0.15) is 22.7 Å². The predicted molar refractivity (Wildman–Crippen MR) is 115 cm³/mol. The van der Waals surface area contributed by atoms with Crippen molar-refractivity contribution in [2.24, 2.45) is 0 Å². The second-order valence-electron chi connectivity index (χ2n) is 7.23. The van der Waals surface area contributed by atoms with Gasteiger partial charge in [0.25, 0.3) is 11.7 Å². The average molecular weight is 417 g/mol. The van der Waals surface area contributed by atoms with Crippen molar-refractivity contribution in [2.75, 3.05) is 12.0 Å². The number of ketones is 1. The van der Waals surface area contributed by atoms with Crippen LogP contribution in [0.5, 0.6) is 5.75 Å². The van der Waals surface area contributed by atoms with Gasteiger partial charge in [0.1, 0.15) is 17.3 Å². The van der Waals surface area contributed by atoms with Gasteiger partial charge in [0, 0.05) is 11.3 Å². The topological polar surface area (TPSA) is 66.8 Å². The number of ether oxygens (including phenoxy) is 1. The first kappa shape index (κ1) is 20.3. The number of Topliss-reactive ketones (excluding diaryl/α,β-unsaturated/α-hetero) is 1. The number of aliphatic hydroxyl groups is 1. The number of halogens is 1. The highest BCUT2D eigenvalue weighted by atomic mass is 19.1. The number of hydrogen-bond acceptors (Lipinski definition) is 4. The second-order valence-corrected chi connectivity index (χ2v) is 7.23. The van der Waals surface area contributed by atoms with Gasteiger partial charge in [-0.1, -0.05) is 24.3 Å². The summed E-state index contributed by atoms with van der Waals surface area (Å²) in [6.45, 7) is 1.88. The van der Waals surface area contributed by atoms with Gasteiger partial charge in [-0.2, -0.15) is 0 Å². The van der Waals surface area contributed by atoms with Crippen molar-refractivity contribution in [3.05, 3.63) is 101 Å². The molecule has 0 spiro atoms. The molecule has 31 heavy (non-hydrogen) atoms. The molecule has 1 N–H and O–H groups in total. The summed E-state index contributed by atoms with van der Waals surface area (Å²) in [6.07, 6.45) is 0. The molecule has 3 aromatic carbocycles. The zero-order valence-electron chi connectivity index (χ0n) is 17.0. The molecule has 4 rings (SSSR count). The smallest absolute Gasteiger partial charge is 0.300 e. The first-order valence-corrected chi connectivity index (χ1v) is 9.69. The number of rotatable bonds is 4. The van der Waals surface area contributed by atoms with E-state index < -0.39 is 23.5 Å². The Bertz CT molecular complexity index is 1180. The molecule has 1 amide bonds. The number of benzene rings is 3. The lowest BCUT2D eigenvalue weighted by Gasteiger charge is -2.26. The van der Waals surface area contributed by atoms with Gasteiger partial charge >= 0.3 is 0 Å². The lowest BCUT2D eigenvalue weighted by molar-refractivity contribution is -0.132. The highest BCUT2D eigenvalue weighted by molar-refractivity contribution is 6.51. The largest absolute Gasteiger partial charge is 0.507 e. The van der Waals surface area contributed by atoms with Gasteiger partial charge in [0.05, 0.1) is 18.7 Å². The molecule has 3 aromatic rings. The van der Waals surface area contributed by atoms with Crippen molar-refractivity contribution in [3.63, 3.8) is 0 Å². The third kappa shape index (κ3) is 3.57. The molecule has 1 aliphatic heterocycles. The van der Waals surface area contributed by atoms with Crippen molar-refractivity contribution in [1.29, 1.82) is 0 Å². The summed E-state index contributed by atoms with van der Waals surface area (Å²) in [7, 11) is 1.54. The number of amides is 1. The zero-order chi connectivity index (χ0) is 22.1. The Morgan fingerprint density at radius 3 is 2.23 bits per heavy atom. The Morgan fingerprint density at radius 2 is 1.61 bits per heavy atom. The zero-order valence-corrected chi connectivity index (χ0v) is 17.0. The third-order valence-electron chi connectivity index (χ3n) is 5.40. The van der Waals surface area contributed by atoms with Gasteiger partial charge in [-0.05, 0) is 66.6 Å². The lowest BCUT2D eigenvalue weighted by Crippen LogP contribution is -2.29. The SMILES string of the molecule is COc1ccc(N2C(=O)C(=O)/C(=C(\O)c3ccc(F)cc3)C2c2ccccc2C)cc1. The molecule has 5 nitrogen and oxygen atoms in total. The summed E-state index contributed by atoms with van der Waals surface area (Å²) in [4.78, 5) is 27.6. The molecule has 6 heteroatoms. The van der Waals surface area contributed by atoms with Gasteiger partial charge in [0.15, 0.2) is 0 Å². The van der Waals surface area contributed by atoms with Gasteiger partial charge in [-0.3, -0.25) is 14.5 Å². The number of methoxy groups -OCH3 is 1. The molecule has 1 aliphatic rings. The van der Waals surface area contributed by atoms with Gasteiger partial charge < -0.3 is 9.84 Å². The van der Waals surface area contributed by atoms with Crippen LogP contribution in [0.2, 0.25) is 0 Å². The summed E-state index contributed by atoms with van der Waals surface area (Å²) < 4.78 is 18.6. The van der Waals surface area contributed by atoms with Crippen molar-refractivity contribution in [3.8, 4) is 5.75 Å². The Balaban J connectivity index is 1.94. The maximum atomic E-state index is 13.4. The number of anilines is 1. The Morgan fingerprint density at radius 1 is 0.968 bits per heavy atom. The number of nitrogens with zero attached hydrogens (tertiary/aromatic N) is 1. The van der Waals surface area contributed by atoms with Gasteiger partial charge in [-0.25, -0.2) is 4.39 Å². The number of carbonyl (C=O) groups is 2. The van der Waals surface area contributed by atoms with E-state index in [1.807, 2.05) is 31.2 Å². The van der Waals surface area contributed by atoms with E-state index in [0.29, 0.717) is 17.0 Å². The summed E-state index contributed by atoms with van der Waals surface area (Å²) in [5, 5.41) is 11.0. The fraction of sp³-hybridized carbons (Fsp3) is 0.120. The molecule has 1 fully saturated rings. The first-order valence-electron chi connectivity index (χ1n) is 9.69. The van der Waals surface area contributed by atoms with Crippen molar-refractivity contribution in [1.82, 2.24) is 0 Å².